The summed E-state index contributed by atoms with van der Waals surface area (Å²) >= 11 is 5.99. The van der Waals surface area contributed by atoms with Gasteiger partial charge in [-0.25, -0.2) is 0 Å². The summed E-state index contributed by atoms with van der Waals surface area (Å²) in [5, 5.41) is 25.1. The summed E-state index contributed by atoms with van der Waals surface area (Å²) in [4.78, 5) is 23.7. The summed E-state index contributed by atoms with van der Waals surface area (Å²) in [7, 11) is 1.39. The maximum Gasteiger partial charge on any atom is 0.296 e. The molecule has 0 aliphatic rings. The van der Waals surface area contributed by atoms with Gasteiger partial charge in [-0.15, -0.1) is 0 Å². The Labute approximate surface area is 205 Å². The second-order valence-electron chi connectivity index (χ2n) is 7.62. The number of carbonyl (C=O) groups is 1. The molecule has 1 heterocycles. The highest BCUT2D eigenvalue weighted by Gasteiger charge is 2.20. The zero-order valence-corrected chi connectivity index (χ0v) is 19.3. The van der Waals surface area contributed by atoms with Crippen LogP contribution in [0.15, 0.2) is 78.5 Å². The third-order valence-electron chi connectivity index (χ3n) is 5.40. The van der Waals surface area contributed by atoms with Gasteiger partial charge >= 0.3 is 0 Å². The van der Waals surface area contributed by atoms with Crippen molar-refractivity contribution < 1.29 is 14.5 Å². The fourth-order valence-electron chi connectivity index (χ4n) is 3.70. The number of anilines is 1. The zero-order valence-electron chi connectivity index (χ0n) is 18.6. The van der Waals surface area contributed by atoms with Gasteiger partial charge < -0.3 is 14.6 Å². The summed E-state index contributed by atoms with van der Waals surface area (Å²) in [5.74, 6) is -0.477. The number of rotatable bonds is 7. The van der Waals surface area contributed by atoms with Gasteiger partial charge in [0.25, 0.3) is 11.6 Å². The molecule has 1 N–H and O–H groups in total. The van der Waals surface area contributed by atoms with Gasteiger partial charge in [0, 0.05) is 34.2 Å². The van der Waals surface area contributed by atoms with Crippen molar-refractivity contribution in [3.63, 3.8) is 0 Å². The molecule has 8 nitrogen and oxygen atoms in total. The van der Waals surface area contributed by atoms with Gasteiger partial charge in [0.15, 0.2) is 0 Å². The van der Waals surface area contributed by atoms with Crippen LogP contribution in [0.2, 0.25) is 5.02 Å². The Hall–Kier alpha value is -4.61. The van der Waals surface area contributed by atoms with Crippen LogP contribution in [0.5, 0.6) is 5.75 Å². The van der Waals surface area contributed by atoms with E-state index in [0.29, 0.717) is 17.1 Å². The van der Waals surface area contributed by atoms with Crippen LogP contribution >= 0.6 is 11.6 Å². The highest BCUT2D eigenvalue weighted by atomic mass is 35.5. The molecule has 0 atom stereocenters. The van der Waals surface area contributed by atoms with Gasteiger partial charge in [-0.3, -0.25) is 14.9 Å². The molecule has 0 saturated carbocycles. The van der Waals surface area contributed by atoms with Crippen LogP contribution in [-0.2, 0) is 11.3 Å². The van der Waals surface area contributed by atoms with E-state index in [9.17, 15) is 20.2 Å². The Bertz CT molecular complexity index is 1500. The molecular formula is C26H19ClN4O4. The molecular weight excluding hydrogens is 468 g/mol. The molecule has 0 fully saturated rings. The minimum Gasteiger partial charge on any atom is -0.496 e. The standard InChI is InChI=1S/C26H19ClN4O4/c1-35-21-10-11-23(25(13-21)31(33)34)29-26(32)18(14-28)12-19-16-30(24-5-3-2-4-22(19)24)15-17-6-8-20(27)9-7-17/h2-13,16H,15H2,1H3,(H,29,32)/b18-12-. The van der Waals surface area contributed by atoms with E-state index in [1.807, 2.05) is 65.4 Å². The fraction of sp³-hybridized carbons (Fsp3) is 0.0769. The lowest BCUT2D eigenvalue weighted by atomic mass is 10.1. The molecule has 35 heavy (non-hydrogen) atoms. The average molecular weight is 487 g/mol. The van der Waals surface area contributed by atoms with Gasteiger partial charge in [-0.05, 0) is 42.0 Å². The van der Waals surface area contributed by atoms with E-state index >= 15 is 0 Å². The predicted molar refractivity (Wildman–Crippen MR) is 134 cm³/mol. The molecule has 1 amide bonds. The summed E-state index contributed by atoms with van der Waals surface area (Å²) in [5.41, 5.74) is 2.07. The van der Waals surface area contributed by atoms with E-state index in [-0.39, 0.29) is 22.7 Å². The second kappa shape index (κ2) is 10.1. The first kappa shape index (κ1) is 23.5. The highest BCUT2D eigenvalue weighted by Crippen LogP contribution is 2.30. The Kier molecular flexibility index (Phi) is 6.81. The van der Waals surface area contributed by atoms with Gasteiger partial charge in [-0.1, -0.05) is 41.9 Å². The maximum absolute atomic E-state index is 12.9. The number of hydrogen-bond acceptors (Lipinski definition) is 5. The molecule has 4 rings (SSSR count). The number of hydrogen-bond donors (Lipinski definition) is 1. The lowest BCUT2D eigenvalue weighted by Gasteiger charge is -2.07. The number of halogens is 1. The van der Waals surface area contributed by atoms with Crippen molar-refractivity contribution in [1.29, 1.82) is 5.26 Å². The number of amides is 1. The number of fused-ring (bicyclic) bond motifs is 1. The lowest BCUT2D eigenvalue weighted by Crippen LogP contribution is -2.14. The van der Waals surface area contributed by atoms with E-state index in [0.717, 1.165) is 16.5 Å². The number of aromatic nitrogens is 1. The monoisotopic (exact) mass is 486 g/mol. The van der Waals surface area contributed by atoms with Gasteiger partial charge in [0.2, 0.25) is 0 Å². The first-order valence-electron chi connectivity index (χ1n) is 10.5. The quantitative estimate of drug-likeness (QED) is 0.153. The molecule has 174 valence electrons. The summed E-state index contributed by atoms with van der Waals surface area (Å²) < 4.78 is 7.03. The molecule has 0 bridgehead atoms. The van der Waals surface area contributed by atoms with E-state index in [1.165, 1.54) is 31.4 Å². The van der Waals surface area contributed by atoms with Crippen LogP contribution in [0.25, 0.3) is 17.0 Å². The van der Waals surface area contributed by atoms with E-state index in [2.05, 4.69) is 5.32 Å². The summed E-state index contributed by atoms with van der Waals surface area (Å²) in [6.07, 6.45) is 3.34. The average Bonchev–Trinajstić information content (AvgIpc) is 3.21. The molecule has 1 aromatic heterocycles. The predicted octanol–water partition coefficient (Wildman–Crippen LogP) is 5.81. The van der Waals surface area contributed by atoms with Crippen molar-refractivity contribution in [1.82, 2.24) is 4.57 Å². The Balaban J connectivity index is 1.67. The number of nitro groups is 1. The molecule has 0 aliphatic heterocycles. The van der Waals surface area contributed by atoms with E-state index < -0.39 is 10.8 Å². The third-order valence-corrected chi connectivity index (χ3v) is 5.65. The van der Waals surface area contributed by atoms with Gasteiger partial charge in [-0.2, -0.15) is 5.26 Å². The number of para-hydroxylation sites is 1. The molecule has 4 aromatic rings. The minimum atomic E-state index is -0.754. The first-order chi connectivity index (χ1) is 16.9. The molecule has 0 aliphatic carbocycles. The van der Waals surface area contributed by atoms with Crippen LogP contribution in [0.3, 0.4) is 0 Å². The van der Waals surface area contributed by atoms with Crippen molar-refractivity contribution in [2.75, 3.05) is 12.4 Å². The molecule has 0 spiro atoms. The largest absolute Gasteiger partial charge is 0.496 e. The first-order valence-corrected chi connectivity index (χ1v) is 10.9. The minimum absolute atomic E-state index is 0.0351. The lowest BCUT2D eigenvalue weighted by molar-refractivity contribution is -0.384. The van der Waals surface area contributed by atoms with Crippen LogP contribution in [0, 0.1) is 21.4 Å². The Morgan fingerprint density at radius 2 is 1.94 bits per heavy atom. The summed E-state index contributed by atoms with van der Waals surface area (Å²) in [6, 6.07) is 21.1. The van der Waals surface area contributed by atoms with Crippen LogP contribution in [-0.4, -0.2) is 22.5 Å². The fourth-order valence-corrected chi connectivity index (χ4v) is 3.82. The third kappa shape index (κ3) is 5.16. The molecule has 3 aromatic carbocycles. The van der Waals surface area contributed by atoms with Gasteiger partial charge in [0.05, 0.1) is 18.1 Å². The SMILES string of the molecule is COc1ccc(NC(=O)/C(C#N)=C\c2cn(Cc3ccc(Cl)cc3)c3ccccc23)c([N+](=O)[O-])c1. The van der Waals surface area contributed by atoms with E-state index in [4.69, 9.17) is 16.3 Å². The summed E-state index contributed by atoms with van der Waals surface area (Å²) in [6.45, 7) is 0.567. The van der Waals surface area contributed by atoms with E-state index in [1.54, 1.807) is 0 Å². The Morgan fingerprint density at radius 3 is 2.63 bits per heavy atom. The topological polar surface area (TPSA) is 110 Å². The van der Waals surface area contributed by atoms with Crippen LogP contribution in [0.4, 0.5) is 11.4 Å². The highest BCUT2D eigenvalue weighted by molar-refractivity contribution is 6.30. The number of nitrogens with one attached hydrogen (secondary N) is 1. The molecule has 0 unspecified atom stereocenters. The number of nitro benzene ring substituents is 1. The number of benzene rings is 3. The molecule has 0 saturated heterocycles. The number of methoxy groups -OCH3 is 1. The van der Waals surface area contributed by atoms with Crippen molar-refractivity contribution in [2.45, 2.75) is 6.54 Å². The van der Waals surface area contributed by atoms with Crippen molar-refractivity contribution in [2.24, 2.45) is 0 Å². The smallest absolute Gasteiger partial charge is 0.296 e. The van der Waals surface area contributed by atoms with Crippen molar-refractivity contribution in [3.05, 3.63) is 105 Å². The molecule has 9 heteroatoms. The normalized spacial score (nSPS) is 11.2. The number of nitrogens with zero attached hydrogens (tertiary/aromatic N) is 3. The number of ether oxygens (including phenoxy) is 1. The van der Waals surface area contributed by atoms with Gasteiger partial charge in [0.1, 0.15) is 23.1 Å². The number of nitriles is 1. The van der Waals surface area contributed by atoms with Crippen molar-refractivity contribution in [3.8, 4) is 11.8 Å². The Morgan fingerprint density at radius 1 is 1.20 bits per heavy atom. The molecule has 0 radical (unpaired) electrons. The van der Waals surface area contributed by atoms with Crippen LogP contribution < -0.4 is 10.1 Å². The number of carbonyl (C=O) groups excluding carboxylic acids is 1. The van der Waals surface area contributed by atoms with Crippen LogP contribution in [0.1, 0.15) is 11.1 Å². The second-order valence-corrected chi connectivity index (χ2v) is 8.06. The zero-order chi connectivity index (χ0) is 24.9. The maximum atomic E-state index is 12.9. The van der Waals surface area contributed by atoms with Crippen molar-refractivity contribution >= 4 is 45.9 Å².